The maximum atomic E-state index is 13.6. The molecule has 0 aliphatic carbocycles. The van der Waals surface area contributed by atoms with Crippen LogP contribution in [0.5, 0.6) is 0 Å². The van der Waals surface area contributed by atoms with Crippen LogP contribution in [0.25, 0.3) is 44.7 Å². The Labute approximate surface area is 175 Å². The van der Waals surface area contributed by atoms with Gasteiger partial charge in [-0.1, -0.05) is 0 Å². The second kappa shape index (κ2) is 7.10. The number of nitrogens with one attached hydrogen (secondary N) is 2. The van der Waals surface area contributed by atoms with Gasteiger partial charge in [0.05, 0.1) is 42.3 Å². The maximum Gasteiger partial charge on any atom is 0.159 e. The van der Waals surface area contributed by atoms with Gasteiger partial charge in [0.2, 0.25) is 0 Å². The van der Waals surface area contributed by atoms with Crippen molar-refractivity contribution in [2.24, 2.45) is 0 Å². The lowest BCUT2D eigenvalue weighted by atomic mass is 10.1. The molecule has 6 heterocycles. The first-order chi connectivity index (χ1) is 15.3. The van der Waals surface area contributed by atoms with Crippen LogP contribution < -0.4 is 4.90 Å². The summed E-state index contributed by atoms with van der Waals surface area (Å²) in [7, 11) is 0. The quantitative estimate of drug-likeness (QED) is 0.465. The topological polar surface area (TPSA) is 109 Å². The molecule has 1 aliphatic heterocycles. The van der Waals surface area contributed by atoms with E-state index in [0.717, 1.165) is 40.8 Å². The predicted octanol–water partition coefficient (Wildman–Crippen LogP) is 2.93. The number of pyridine rings is 3. The highest BCUT2D eigenvalue weighted by atomic mass is 19.1. The highest BCUT2D eigenvalue weighted by Crippen LogP contribution is 2.31. The Morgan fingerprint density at radius 1 is 1.03 bits per heavy atom. The fourth-order valence-corrected chi connectivity index (χ4v) is 3.85. The summed E-state index contributed by atoms with van der Waals surface area (Å²) in [5, 5.41) is 8.28. The number of hydrogen-bond acceptors (Lipinski definition) is 7. The predicted molar refractivity (Wildman–Crippen MR) is 113 cm³/mol. The van der Waals surface area contributed by atoms with Crippen LogP contribution in [0.1, 0.15) is 0 Å². The van der Waals surface area contributed by atoms with Crippen LogP contribution in [-0.2, 0) is 4.74 Å². The Morgan fingerprint density at radius 2 is 1.94 bits per heavy atom. The van der Waals surface area contributed by atoms with E-state index in [1.807, 2.05) is 12.1 Å². The van der Waals surface area contributed by atoms with Gasteiger partial charge in [-0.25, -0.2) is 14.4 Å². The van der Waals surface area contributed by atoms with Crippen LogP contribution in [0.2, 0.25) is 0 Å². The molecule has 10 heteroatoms. The maximum absolute atomic E-state index is 13.6. The number of H-pyrrole nitrogens is 2. The van der Waals surface area contributed by atoms with Gasteiger partial charge in [0, 0.05) is 36.4 Å². The van der Waals surface area contributed by atoms with E-state index in [1.165, 1.54) is 12.3 Å². The van der Waals surface area contributed by atoms with Crippen molar-refractivity contribution in [3.63, 3.8) is 0 Å². The fraction of sp³-hybridized carbons (Fsp3) is 0.190. The number of fused-ring (bicyclic) bond motifs is 2. The number of aromatic nitrogens is 7. The molecular formula is C21H17FN8O. The molecule has 0 atom stereocenters. The zero-order valence-corrected chi connectivity index (χ0v) is 16.3. The Kier molecular flexibility index (Phi) is 4.10. The van der Waals surface area contributed by atoms with E-state index < -0.39 is 5.82 Å². The van der Waals surface area contributed by atoms with Gasteiger partial charge >= 0.3 is 0 Å². The van der Waals surface area contributed by atoms with Gasteiger partial charge in [-0.05, 0) is 18.2 Å². The van der Waals surface area contributed by atoms with Crippen molar-refractivity contribution in [1.82, 2.24) is 35.1 Å². The molecule has 0 radical (unpaired) electrons. The van der Waals surface area contributed by atoms with Crippen molar-refractivity contribution in [1.29, 1.82) is 0 Å². The number of imidazole rings is 1. The van der Waals surface area contributed by atoms with E-state index in [9.17, 15) is 4.39 Å². The average Bonchev–Trinajstić information content (AvgIpc) is 3.43. The van der Waals surface area contributed by atoms with Gasteiger partial charge in [-0.2, -0.15) is 5.10 Å². The second-order valence-electron chi connectivity index (χ2n) is 7.29. The first-order valence-corrected chi connectivity index (χ1v) is 9.89. The molecule has 31 heavy (non-hydrogen) atoms. The van der Waals surface area contributed by atoms with Crippen molar-refractivity contribution in [2.45, 2.75) is 0 Å². The van der Waals surface area contributed by atoms with Gasteiger partial charge in [-0.3, -0.25) is 15.1 Å². The summed E-state index contributed by atoms with van der Waals surface area (Å²) >= 11 is 0. The first kappa shape index (κ1) is 17.9. The van der Waals surface area contributed by atoms with Crippen LogP contribution in [0, 0.1) is 5.82 Å². The molecular weight excluding hydrogens is 399 g/mol. The molecule has 6 rings (SSSR count). The van der Waals surface area contributed by atoms with Gasteiger partial charge in [0.25, 0.3) is 0 Å². The number of aromatic amines is 2. The normalized spacial score (nSPS) is 14.5. The zero-order chi connectivity index (χ0) is 20.8. The molecule has 9 nitrogen and oxygen atoms in total. The molecule has 1 aliphatic rings. The monoisotopic (exact) mass is 416 g/mol. The van der Waals surface area contributed by atoms with E-state index >= 15 is 0 Å². The fourth-order valence-electron chi connectivity index (χ4n) is 3.85. The second-order valence-corrected chi connectivity index (χ2v) is 7.29. The van der Waals surface area contributed by atoms with E-state index in [-0.39, 0.29) is 0 Å². The van der Waals surface area contributed by atoms with Crippen LogP contribution >= 0.6 is 0 Å². The van der Waals surface area contributed by atoms with E-state index in [0.29, 0.717) is 36.0 Å². The molecule has 1 fully saturated rings. The van der Waals surface area contributed by atoms with Crippen molar-refractivity contribution in [3.8, 4) is 22.8 Å². The highest BCUT2D eigenvalue weighted by molar-refractivity contribution is 5.96. The molecule has 1 saturated heterocycles. The third kappa shape index (κ3) is 3.08. The third-order valence-electron chi connectivity index (χ3n) is 5.36. The first-order valence-electron chi connectivity index (χ1n) is 9.89. The van der Waals surface area contributed by atoms with Gasteiger partial charge in [-0.15, -0.1) is 0 Å². The summed E-state index contributed by atoms with van der Waals surface area (Å²) in [6, 6.07) is 5.16. The number of morpholine rings is 1. The number of anilines is 1. The van der Waals surface area contributed by atoms with Gasteiger partial charge in [0.15, 0.2) is 11.6 Å². The Morgan fingerprint density at radius 3 is 2.81 bits per heavy atom. The van der Waals surface area contributed by atoms with Crippen molar-refractivity contribution in [3.05, 3.63) is 48.8 Å². The lowest BCUT2D eigenvalue weighted by Gasteiger charge is -2.27. The summed E-state index contributed by atoms with van der Waals surface area (Å²) in [6.07, 6.45) is 6.20. The van der Waals surface area contributed by atoms with Gasteiger partial charge < -0.3 is 14.6 Å². The third-order valence-corrected chi connectivity index (χ3v) is 5.36. The van der Waals surface area contributed by atoms with E-state index in [4.69, 9.17) is 9.72 Å². The van der Waals surface area contributed by atoms with Crippen molar-refractivity contribution >= 4 is 27.8 Å². The molecule has 154 valence electrons. The number of rotatable bonds is 3. The molecule has 5 aromatic rings. The molecule has 0 unspecified atom stereocenters. The Hall–Kier alpha value is -3.92. The molecule has 0 aromatic carbocycles. The molecule has 2 N–H and O–H groups in total. The standard InChI is InChI=1S/C21H17FN8O/c22-13-7-12(9-23-10-13)16-8-14-17(11-25-16)28-29-18(14)20-26-15-1-2-24-21(19(15)27-20)30-3-5-31-6-4-30/h1-2,7-11H,3-6H2,(H,26,27)(H,28,29). The molecule has 0 bridgehead atoms. The summed E-state index contributed by atoms with van der Waals surface area (Å²) in [5.74, 6) is 1.04. The molecule has 0 spiro atoms. The summed E-state index contributed by atoms with van der Waals surface area (Å²) in [4.78, 5) is 23.2. The van der Waals surface area contributed by atoms with Gasteiger partial charge in [0.1, 0.15) is 17.0 Å². The number of hydrogen-bond donors (Lipinski definition) is 2. The number of nitrogens with zero attached hydrogens (tertiary/aromatic N) is 6. The lowest BCUT2D eigenvalue weighted by Crippen LogP contribution is -2.36. The van der Waals surface area contributed by atoms with E-state index in [2.05, 4.69) is 35.0 Å². The largest absolute Gasteiger partial charge is 0.378 e. The molecule has 0 amide bonds. The van der Waals surface area contributed by atoms with Crippen LogP contribution in [0.4, 0.5) is 10.2 Å². The minimum atomic E-state index is -0.410. The lowest BCUT2D eigenvalue weighted by molar-refractivity contribution is 0.122. The average molecular weight is 416 g/mol. The van der Waals surface area contributed by atoms with Crippen LogP contribution in [0.15, 0.2) is 43.0 Å². The minimum Gasteiger partial charge on any atom is -0.378 e. The minimum absolute atomic E-state index is 0.410. The van der Waals surface area contributed by atoms with Crippen molar-refractivity contribution < 1.29 is 9.13 Å². The van der Waals surface area contributed by atoms with Crippen LogP contribution in [0.3, 0.4) is 0 Å². The SMILES string of the molecule is Fc1cncc(-c2cc3c(-c4nc5c(N6CCOCC6)nccc5[nH]4)n[nH]c3cn2)c1. The molecule has 0 saturated carbocycles. The summed E-state index contributed by atoms with van der Waals surface area (Å²) in [5.41, 5.74) is 4.29. The molecule has 5 aromatic heterocycles. The number of halogens is 1. The smallest absolute Gasteiger partial charge is 0.159 e. The Balaban J connectivity index is 1.46. The van der Waals surface area contributed by atoms with E-state index in [1.54, 1.807) is 18.6 Å². The van der Waals surface area contributed by atoms with Crippen LogP contribution in [-0.4, -0.2) is 61.4 Å². The van der Waals surface area contributed by atoms with Crippen molar-refractivity contribution in [2.75, 3.05) is 31.2 Å². The Bertz CT molecular complexity index is 1410. The summed E-state index contributed by atoms with van der Waals surface area (Å²) < 4.78 is 19.1. The highest BCUT2D eigenvalue weighted by Gasteiger charge is 2.20. The zero-order valence-electron chi connectivity index (χ0n) is 16.3. The summed E-state index contributed by atoms with van der Waals surface area (Å²) in [6.45, 7) is 2.89. The number of ether oxygens (including phenoxy) is 1.